The maximum Gasteiger partial charge on any atom is 0.251 e. The predicted octanol–water partition coefficient (Wildman–Crippen LogP) is 1.75. The van der Waals surface area contributed by atoms with Gasteiger partial charge in [0.1, 0.15) is 11.5 Å². The van der Waals surface area contributed by atoms with E-state index in [-0.39, 0.29) is 5.91 Å². The monoisotopic (exact) mass is 293 g/mol. The summed E-state index contributed by atoms with van der Waals surface area (Å²) < 4.78 is 1.75. The SMILES string of the molecule is CCCc1cc(C(=O)NCc2nncn2C)cc(Cl)n1. The van der Waals surface area contributed by atoms with E-state index in [1.165, 1.54) is 0 Å². The molecule has 0 saturated heterocycles. The lowest BCUT2D eigenvalue weighted by Crippen LogP contribution is -2.24. The van der Waals surface area contributed by atoms with Crippen molar-refractivity contribution in [3.63, 3.8) is 0 Å². The molecular weight excluding hydrogens is 278 g/mol. The van der Waals surface area contributed by atoms with Crippen LogP contribution in [0.25, 0.3) is 0 Å². The lowest BCUT2D eigenvalue weighted by Gasteiger charge is -2.07. The third-order valence-corrected chi connectivity index (χ3v) is 3.02. The van der Waals surface area contributed by atoms with Crippen molar-refractivity contribution >= 4 is 17.5 Å². The lowest BCUT2D eigenvalue weighted by atomic mass is 10.1. The van der Waals surface area contributed by atoms with Crippen LogP contribution < -0.4 is 5.32 Å². The Balaban J connectivity index is 2.07. The van der Waals surface area contributed by atoms with Gasteiger partial charge in [-0.1, -0.05) is 24.9 Å². The highest BCUT2D eigenvalue weighted by atomic mass is 35.5. The first-order chi connectivity index (χ1) is 9.60. The topological polar surface area (TPSA) is 72.7 Å². The molecule has 0 fully saturated rings. The molecule has 6 nitrogen and oxygen atoms in total. The minimum atomic E-state index is -0.199. The van der Waals surface area contributed by atoms with E-state index in [0.717, 1.165) is 18.5 Å². The van der Waals surface area contributed by atoms with Crippen molar-refractivity contribution in [1.82, 2.24) is 25.1 Å². The summed E-state index contributed by atoms with van der Waals surface area (Å²) in [6.07, 6.45) is 3.33. The number of carbonyl (C=O) groups excluding carboxylic acids is 1. The Kier molecular flexibility index (Phi) is 4.68. The first-order valence-electron chi connectivity index (χ1n) is 6.37. The number of hydrogen-bond donors (Lipinski definition) is 1. The number of aromatic nitrogens is 4. The number of carbonyl (C=O) groups is 1. The van der Waals surface area contributed by atoms with Crippen molar-refractivity contribution in [3.05, 3.63) is 40.7 Å². The third-order valence-electron chi connectivity index (χ3n) is 2.83. The van der Waals surface area contributed by atoms with Gasteiger partial charge >= 0.3 is 0 Å². The molecule has 20 heavy (non-hydrogen) atoms. The Morgan fingerprint density at radius 2 is 2.25 bits per heavy atom. The Bertz CT molecular complexity index is 611. The van der Waals surface area contributed by atoms with Crippen LogP contribution in [0.15, 0.2) is 18.5 Å². The third kappa shape index (κ3) is 3.54. The molecule has 0 aliphatic rings. The fourth-order valence-corrected chi connectivity index (χ4v) is 2.02. The summed E-state index contributed by atoms with van der Waals surface area (Å²) in [6, 6.07) is 3.33. The standard InChI is InChI=1S/C13H16ClN5O/c1-3-4-10-5-9(6-11(14)17-10)13(20)15-7-12-18-16-8-19(12)2/h5-6,8H,3-4,7H2,1-2H3,(H,15,20). The summed E-state index contributed by atoms with van der Waals surface area (Å²) in [5, 5.41) is 10.8. The fraction of sp³-hybridized carbons (Fsp3) is 0.385. The first kappa shape index (κ1) is 14.5. The number of amides is 1. The fourth-order valence-electron chi connectivity index (χ4n) is 1.80. The molecule has 0 saturated carbocycles. The average molecular weight is 294 g/mol. The van der Waals surface area contributed by atoms with Crippen molar-refractivity contribution in [2.45, 2.75) is 26.3 Å². The highest BCUT2D eigenvalue weighted by molar-refractivity contribution is 6.29. The van der Waals surface area contributed by atoms with Crippen LogP contribution >= 0.6 is 11.6 Å². The van der Waals surface area contributed by atoms with Crippen LogP contribution in [0.1, 0.15) is 35.2 Å². The number of hydrogen-bond acceptors (Lipinski definition) is 4. The molecule has 0 aliphatic heterocycles. The lowest BCUT2D eigenvalue weighted by molar-refractivity contribution is 0.0949. The Hall–Kier alpha value is -1.95. The van der Waals surface area contributed by atoms with E-state index in [1.54, 1.807) is 23.0 Å². The van der Waals surface area contributed by atoms with Gasteiger partial charge in [-0.2, -0.15) is 0 Å². The van der Waals surface area contributed by atoms with Gasteiger partial charge < -0.3 is 9.88 Å². The van der Waals surface area contributed by atoms with Crippen molar-refractivity contribution in [1.29, 1.82) is 0 Å². The molecule has 106 valence electrons. The molecule has 0 bridgehead atoms. The van der Waals surface area contributed by atoms with Gasteiger partial charge in [-0.05, 0) is 18.6 Å². The van der Waals surface area contributed by atoms with E-state index in [4.69, 9.17) is 11.6 Å². The Morgan fingerprint density at radius 3 is 2.90 bits per heavy atom. The van der Waals surface area contributed by atoms with Gasteiger partial charge in [0, 0.05) is 18.3 Å². The molecule has 1 amide bonds. The molecule has 1 N–H and O–H groups in total. The van der Waals surface area contributed by atoms with Crippen molar-refractivity contribution < 1.29 is 4.79 Å². The molecule has 2 rings (SSSR count). The van der Waals surface area contributed by atoms with Crippen LogP contribution in [-0.2, 0) is 20.0 Å². The summed E-state index contributed by atoms with van der Waals surface area (Å²) in [5.74, 6) is 0.488. The van der Waals surface area contributed by atoms with Gasteiger partial charge in [-0.25, -0.2) is 4.98 Å². The quantitative estimate of drug-likeness (QED) is 0.852. The van der Waals surface area contributed by atoms with Gasteiger partial charge in [-0.3, -0.25) is 4.79 Å². The predicted molar refractivity (Wildman–Crippen MR) is 75.4 cm³/mol. The zero-order valence-electron chi connectivity index (χ0n) is 11.4. The minimum Gasteiger partial charge on any atom is -0.345 e. The van der Waals surface area contributed by atoms with Gasteiger partial charge in [0.15, 0.2) is 5.82 Å². The number of halogens is 1. The molecule has 2 heterocycles. The molecule has 2 aromatic rings. The second-order valence-electron chi connectivity index (χ2n) is 4.46. The Labute approximate surface area is 122 Å². The number of rotatable bonds is 5. The summed E-state index contributed by atoms with van der Waals surface area (Å²) >= 11 is 5.94. The van der Waals surface area contributed by atoms with E-state index in [2.05, 4.69) is 27.4 Å². The van der Waals surface area contributed by atoms with Crippen LogP contribution in [-0.4, -0.2) is 25.7 Å². The number of nitrogens with zero attached hydrogens (tertiary/aromatic N) is 4. The van der Waals surface area contributed by atoms with E-state index in [0.29, 0.717) is 23.1 Å². The molecule has 2 aromatic heterocycles. The van der Waals surface area contributed by atoms with Gasteiger partial charge in [0.05, 0.1) is 6.54 Å². The van der Waals surface area contributed by atoms with Crippen LogP contribution in [0.3, 0.4) is 0 Å². The van der Waals surface area contributed by atoms with Crippen LogP contribution in [0, 0.1) is 0 Å². The average Bonchev–Trinajstić information content (AvgIpc) is 2.81. The van der Waals surface area contributed by atoms with E-state index < -0.39 is 0 Å². The molecule has 0 unspecified atom stereocenters. The summed E-state index contributed by atoms with van der Waals surface area (Å²) in [5.41, 5.74) is 1.33. The maximum atomic E-state index is 12.1. The largest absolute Gasteiger partial charge is 0.345 e. The second kappa shape index (κ2) is 6.47. The molecule has 0 spiro atoms. The minimum absolute atomic E-state index is 0.199. The number of aryl methyl sites for hydroxylation is 2. The highest BCUT2D eigenvalue weighted by Gasteiger charge is 2.10. The van der Waals surface area contributed by atoms with E-state index in [1.807, 2.05) is 7.05 Å². The smallest absolute Gasteiger partial charge is 0.251 e. The second-order valence-corrected chi connectivity index (χ2v) is 4.85. The zero-order chi connectivity index (χ0) is 14.5. The van der Waals surface area contributed by atoms with Crippen molar-refractivity contribution in [3.8, 4) is 0 Å². The number of nitrogens with one attached hydrogen (secondary N) is 1. The van der Waals surface area contributed by atoms with Gasteiger partial charge in [0.25, 0.3) is 5.91 Å². The van der Waals surface area contributed by atoms with E-state index in [9.17, 15) is 4.79 Å². The summed E-state index contributed by atoms with van der Waals surface area (Å²) in [6.45, 7) is 2.37. The normalized spacial score (nSPS) is 10.6. The van der Waals surface area contributed by atoms with Gasteiger partial charge in [-0.15, -0.1) is 10.2 Å². The summed E-state index contributed by atoms with van der Waals surface area (Å²) in [4.78, 5) is 16.3. The van der Waals surface area contributed by atoms with Crippen LogP contribution in [0.2, 0.25) is 5.15 Å². The maximum absolute atomic E-state index is 12.1. The molecule has 0 radical (unpaired) electrons. The number of pyridine rings is 1. The van der Waals surface area contributed by atoms with Crippen molar-refractivity contribution in [2.24, 2.45) is 7.05 Å². The van der Waals surface area contributed by atoms with Crippen LogP contribution in [0.4, 0.5) is 0 Å². The van der Waals surface area contributed by atoms with Crippen molar-refractivity contribution in [2.75, 3.05) is 0 Å². The molecule has 0 atom stereocenters. The molecular formula is C13H16ClN5O. The van der Waals surface area contributed by atoms with Gasteiger partial charge in [0.2, 0.25) is 0 Å². The van der Waals surface area contributed by atoms with Crippen LogP contribution in [0.5, 0.6) is 0 Å². The highest BCUT2D eigenvalue weighted by Crippen LogP contribution is 2.12. The Morgan fingerprint density at radius 1 is 1.45 bits per heavy atom. The molecule has 0 aliphatic carbocycles. The molecule has 0 aromatic carbocycles. The molecule has 7 heteroatoms. The first-order valence-corrected chi connectivity index (χ1v) is 6.75. The van der Waals surface area contributed by atoms with E-state index >= 15 is 0 Å². The summed E-state index contributed by atoms with van der Waals surface area (Å²) in [7, 11) is 1.82. The zero-order valence-corrected chi connectivity index (χ0v) is 12.2.